The van der Waals surface area contributed by atoms with E-state index in [0.29, 0.717) is 31.2 Å². The van der Waals surface area contributed by atoms with E-state index in [1.807, 2.05) is 0 Å². The fourth-order valence-electron chi connectivity index (χ4n) is 2.55. The fourth-order valence-corrected chi connectivity index (χ4v) is 2.55. The molecule has 0 unspecified atom stereocenters. The van der Waals surface area contributed by atoms with E-state index < -0.39 is 29.1 Å². The molecule has 0 saturated heterocycles. The highest BCUT2D eigenvalue weighted by molar-refractivity contribution is 5.61. The summed E-state index contributed by atoms with van der Waals surface area (Å²) in [4.78, 5) is 0. The summed E-state index contributed by atoms with van der Waals surface area (Å²) >= 11 is 0. The predicted molar refractivity (Wildman–Crippen MR) is 88.8 cm³/mol. The third kappa shape index (κ3) is 5.15. The first-order valence-electron chi connectivity index (χ1n) is 8.19. The quantitative estimate of drug-likeness (QED) is 0.384. The second kappa shape index (κ2) is 8.79. The Bertz CT molecular complexity index is 724. The Morgan fingerprint density at radius 1 is 0.840 bits per heavy atom. The minimum atomic E-state index is -1.47. The molecular formula is C20H19F5. The zero-order valence-electron chi connectivity index (χ0n) is 13.9. The smallest absolute Gasteiger partial charge is 0.194 e. The van der Waals surface area contributed by atoms with Crippen LogP contribution in [0.1, 0.15) is 42.9 Å². The van der Waals surface area contributed by atoms with E-state index >= 15 is 0 Å². The summed E-state index contributed by atoms with van der Waals surface area (Å²) in [6.45, 7) is 1.77. The normalized spacial score (nSPS) is 12.2. The molecule has 25 heavy (non-hydrogen) atoms. The maximum absolute atomic E-state index is 13.8. The zero-order chi connectivity index (χ0) is 18.4. The Morgan fingerprint density at radius 3 is 1.96 bits per heavy atom. The van der Waals surface area contributed by atoms with Crippen LogP contribution in [-0.2, 0) is 12.8 Å². The van der Waals surface area contributed by atoms with E-state index in [4.69, 9.17) is 0 Å². The molecule has 0 amide bonds. The van der Waals surface area contributed by atoms with Crippen LogP contribution in [0.4, 0.5) is 22.0 Å². The summed E-state index contributed by atoms with van der Waals surface area (Å²) in [5.41, 5.74) is 1.47. The van der Waals surface area contributed by atoms with Gasteiger partial charge >= 0.3 is 0 Å². The van der Waals surface area contributed by atoms with Gasteiger partial charge in [0.15, 0.2) is 23.3 Å². The lowest BCUT2D eigenvalue weighted by atomic mass is 10.0. The summed E-state index contributed by atoms with van der Waals surface area (Å²) in [6, 6.07) is 8.38. The van der Waals surface area contributed by atoms with E-state index in [0.717, 1.165) is 17.7 Å². The molecule has 2 aromatic rings. The van der Waals surface area contributed by atoms with Gasteiger partial charge in [-0.25, -0.2) is 22.0 Å². The van der Waals surface area contributed by atoms with E-state index in [-0.39, 0.29) is 12.0 Å². The van der Waals surface area contributed by atoms with Crippen molar-refractivity contribution in [2.45, 2.75) is 39.0 Å². The molecular weight excluding hydrogens is 335 g/mol. The lowest BCUT2D eigenvalue weighted by Crippen LogP contribution is -1.96. The van der Waals surface area contributed by atoms with Crippen molar-refractivity contribution in [1.29, 1.82) is 0 Å². The topological polar surface area (TPSA) is 0 Å². The van der Waals surface area contributed by atoms with E-state index in [9.17, 15) is 22.0 Å². The molecule has 0 fully saturated rings. The van der Waals surface area contributed by atoms with Gasteiger partial charge in [-0.15, -0.1) is 0 Å². The maximum atomic E-state index is 13.8. The summed E-state index contributed by atoms with van der Waals surface area (Å²) in [5, 5.41) is 0. The van der Waals surface area contributed by atoms with Crippen LogP contribution in [-0.4, -0.2) is 0 Å². The predicted octanol–water partition coefficient (Wildman–Crippen LogP) is 6.69. The van der Waals surface area contributed by atoms with Crippen LogP contribution < -0.4 is 0 Å². The van der Waals surface area contributed by atoms with Gasteiger partial charge in [0, 0.05) is 12.0 Å². The lowest BCUT2D eigenvalue weighted by molar-refractivity contribution is 0.445. The number of hydrogen-bond acceptors (Lipinski definition) is 0. The lowest BCUT2D eigenvalue weighted by Gasteiger charge is -2.06. The number of hydrogen-bond donors (Lipinski definition) is 0. The zero-order valence-corrected chi connectivity index (χ0v) is 13.9. The van der Waals surface area contributed by atoms with Crippen LogP contribution in [0.3, 0.4) is 0 Å². The first kappa shape index (κ1) is 19.2. The van der Waals surface area contributed by atoms with Crippen molar-refractivity contribution in [3.8, 4) is 0 Å². The van der Waals surface area contributed by atoms with Gasteiger partial charge in [0.05, 0.1) is 0 Å². The van der Waals surface area contributed by atoms with Crippen LogP contribution in [0.15, 0.2) is 42.2 Å². The molecule has 0 aliphatic heterocycles. The molecule has 0 bridgehead atoms. The van der Waals surface area contributed by atoms with Gasteiger partial charge in [0.1, 0.15) is 5.83 Å². The monoisotopic (exact) mass is 354 g/mol. The second-order valence-corrected chi connectivity index (χ2v) is 5.89. The maximum Gasteiger partial charge on any atom is 0.194 e. The average Bonchev–Trinajstić information content (AvgIpc) is 2.60. The van der Waals surface area contributed by atoms with Crippen LogP contribution in [0.25, 0.3) is 5.83 Å². The van der Waals surface area contributed by atoms with Crippen molar-refractivity contribution in [2.24, 2.45) is 0 Å². The van der Waals surface area contributed by atoms with E-state index in [1.54, 1.807) is 19.1 Å². The van der Waals surface area contributed by atoms with Gasteiger partial charge in [-0.05, 0) is 48.9 Å². The van der Waals surface area contributed by atoms with Crippen molar-refractivity contribution in [3.05, 3.63) is 76.4 Å². The number of allylic oxidation sites excluding steroid dienone is 1. The summed E-state index contributed by atoms with van der Waals surface area (Å²) < 4.78 is 66.5. The number of aryl methyl sites for hydroxylation is 2. The molecule has 0 aromatic heterocycles. The Kier molecular flexibility index (Phi) is 6.73. The summed E-state index contributed by atoms with van der Waals surface area (Å²) in [6.07, 6.45) is 2.17. The van der Waals surface area contributed by atoms with Gasteiger partial charge in [0.2, 0.25) is 0 Å². The summed E-state index contributed by atoms with van der Waals surface area (Å²) in [7, 11) is 0. The minimum Gasteiger partial charge on any atom is -0.209 e. The van der Waals surface area contributed by atoms with Crippen LogP contribution in [0.5, 0.6) is 0 Å². The van der Waals surface area contributed by atoms with E-state index in [1.165, 1.54) is 12.1 Å². The highest BCUT2D eigenvalue weighted by Crippen LogP contribution is 2.25. The first-order chi connectivity index (χ1) is 11.9. The molecule has 0 heterocycles. The standard InChI is InChI=1S/C20H19F5/c1-2-4-16(21)19(24)15-9-7-13(8-10-15)5-3-6-14-11-17(22)20(25)18(23)12-14/h7-12H,2-6H2,1H3/b19-16+. The molecule has 2 aromatic carbocycles. The van der Waals surface area contributed by atoms with Gasteiger partial charge in [-0.2, -0.15) is 0 Å². The fraction of sp³-hybridized carbons (Fsp3) is 0.300. The SMILES string of the molecule is CCC/C(F)=C(\F)c1ccc(CCCc2cc(F)c(F)c(F)c2)cc1. The van der Waals surface area contributed by atoms with Crippen molar-refractivity contribution < 1.29 is 22.0 Å². The molecule has 2 rings (SSSR count). The van der Waals surface area contributed by atoms with Crippen LogP contribution in [0.2, 0.25) is 0 Å². The van der Waals surface area contributed by atoms with Crippen molar-refractivity contribution in [1.82, 2.24) is 0 Å². The van der Waals surface area contributed by atoms with E-state index in [2.05, 4.69) is 0 Å². The summed E-state index contributed by atoms with van der Waals surface area (Å²) in [5.74, 6) is -5.46. The Balaban J connectivity index is 1.95. The molecule has 134 valence electrons. The van der Waals surface area contributed by atoms with Gasteiger partial charge < -0.3 is 0 Å². The Morgan fingerprint density at radius 2 is 1.40 bits per heavy atom. The van der Waals surface area contributed by atoms with Crippen molar-refractivity contribution in [3.63, 3.8) is 0 Å². The second-order valence-electron chi connectivity index (χ2n) is 5.89. The Labute approximate surface area is 144 Å². The third-order valence-electron chi connectivity index (χ3n) is 3.89. The number of rotatable bonds is 7. The minimum absolute atomic E-state index is 0.0678. The highest BCUT2D eigenvalue weighted by Gasteiger charge is 2.11. The number of halogens is 5. The van der Waals surface area contributed by atoms with Crippen molar-refractivity contribution in [2.75, 3.05) is 0 Å². The molecule has 0 N–H and O–H groups in total. The van der Waals surface area contributed by atoms with Crippen LogP contribution in [0, 0.1) is 17.5 Å². The van der Waals surface area contributed by atoms with Crippen LogP contribution >= 0.6 is 0 Å². The van der Waals surface area contributed by atoms with Crippen molar-refractivity contribution >= 4 is 5.83 Å². The number of benzene rings is 2. The van der Waals surface area contributed by atoms with Gasteiger partial charge in [-0.1, -0.05) is 31.2 Å². The highest BCUT2D eigenvalue weighted by atomic mass is 19.2. The largest absolute Gasteiger partial charge is 0.209 e. The molecule has 5 heteroatoms. The molecule has 0 atom stereocenters. The Hall–Kier alpha value is -2.17. The first-order valence-corrected chi connectivity index (χ1v) is 8.19. The average molecular weight is 354 g/mol. The molecule has 0 nitrogen and oxygen atoms in total. The van der Waals surface area contributed by atoms with Gasteiger partial charge in [0.25, 0.3) is 0 Å². The molecule has 0 radical (unpaired) electrons. The molecule has 0 saturated carbocycles. The van der Waals surface area contributed by atoms with Gasteiger partial charge in [-0.3, -0.25) is 0 Å². The molecule has 0 aliphatic rings. The third-order valence-corrected chi connectivity index (χ3v) is 3.89. The molecule has 0 aliphatic carbocycles. The molecule has 0 spiro atoms.